The van der Waals surface area contributed by atoms with Crippen LogP contribution in [-0.4, -0.2) is 43.3 Å². The first-order valence-electron chi connectivity index (χ1n) is 5.36. The van der Waals surface area contributed by atoms with Gasteiger partial charge in [0.05, 0.1) is 6.54 Å². The van der Waals surface area contributed by atoms with Crippen molar-refractivity contribution >= 4 is 5.97 Å². The maximum Gasteiger partial charge on any atom is 0.321 e. The van der Waals surface area contributed by atoms with Gasteiger partial charge in [0, 0.05) is 25.9 Å². The molecule has 0 saturated carbocycles. The minimum Gasteiger partial charge on any atom is -0.443 e. The lowest BCUT2D eigenvalue weighted by Crippen LogP contribution is -2.50. The van der Waals surface area contributed by atoms with Gasteiger partial charge in [0.25, 0.3) is 0 Å². The Balaban J connectivity index is 0.000000461. The van der Waals surface area contributed by atoms with Gasteiger partial charge in [-0.3, -0.25) is 10.1 Å². The van der Waals surface area contributed by atoms with E-state index in [1.165, 1.54) is 0 Å². The highest BCUT2D eigenvalue weighted by molar-refractivity contribution is 5.74. The number of nitrogens with one attached hydrogen (secondary N) is 1. The van der Waals surface area contributed by atoms with Crippen LogP contribution in [-0.2, 0) is 9.53 Å². The Morgan fingerprint density at radius 3 is 2.36 bits per heavy atom. The summed E-state index contributed by atoms with van der Waals surface area (Å²) in [6, 6.07) is 0. The predicted molar refractivity (Wildman–Crippen MR) is 54.9 cm³/mol. The highest BCUT2D eigenvalue weighted by Crippen LogP contribution is 2.25. The molecule has 0 atom stereocenters. The molecule has 1 N–H and O–H groups in total. The fraction of sp³-hybridized carbons (Fsp3) is 0.900. The van der Waals surface area contributed by atoms with Crippen molar-refractivity contribution in [1.29, 1.82) is 0 Å². The number of carbonyl (C=O) groups excluding carboxylic acids is 1. The minimum absolute atomic E-state index is 0.112. The Morgan fingerprint density at radius 1 is 1.36 bits per heavy atom. The fourth-order valence-corrected chi connectivity index (χ4v) is 1.78. The van der Waals surface area contributed by atoms with E-state index < -0.39 is 0 Å². The van der Waals surface area contributed by atoms with E-state index in [0.29, 0.717) is 6.54 Å². The van der Waals surface area contributed by atoms with Crippen LogP contribution in [0.3, 0.4) is 0 Å². The molecule has 2 aliphatic rings. The Labute approximate surface area is 85.6 Å². The molecule has 1 spiro atoms. The summed E-state index contributed by atoms with van der Waals surface area (Å²) >= 11 is 0. The van der Waals surface area contributed by atoms with Gasteiger partial charge in [0.15, 0.2) is 5.72 Å². The summed E-state index contributed by atoms with van der Waals surface area (Å²) in [5, 5.41) is 3.14. The topological polar surface area (TPSA) is 41.6 Å². The molecule has 0 aromatic rings. The second kappa shape index (κ2) is 4.75. The fourth-order valence-electron chi connectivity index (χ4n) is 1.78. The van der Waals surface area contributed by atoms with Gasteiger partial charge in [-0.25, -0.2) is 0 Å². The summed E-state index contributed by atoms with van der Waals surface area (Å²) in [4.78, 5) is 13.1. The third kappa shape index (κ3) is 2.45. The standard InChI is InChI=1S/C8H14N2O2.C2H6/c1-10-4-2-8(3-5-10)9-6-7(11)12-8;1-2/h9H,2-6H2,1H3;1-2H3. The highest BCUT2D eigenvalue weighted by Gasteiger charge is 2.41. The SMILES string of the molecule is CC.CN1CCC2(CC1)NCC(=O)O2. The molecule has 0 unspecified atom stereocenters. The first-order valence-corrected chi connectivity index (χ1v) is 5.36. The molecule has 2 aliphatic heterocycles. The van der Waals surface area contributed by atoms with Crippen molar-refractivity contribution in [3.8, 4) is 0 Å². The summed E-state index contributed by atoms with van der Waals surface area (Å²) in [7, 11) is 2.09. The molecule has 4 heteroatoms. The van der Waals surface area contributed by atoms with E-state index in [0.717, 1.165) is 25.9 Å². The van der Waals surface area contributed by atoms with E-state index in [1.54, 1.807) is 0 Å². The molecular weight excluding hydrogens is 180 g/mol. The second-order valence-corrected chi connectivity index (χ2v) is 3.63. The molecule has 0 bridgehead atoms. The zero-order chi connectivity index (χ0) is 10.6. The number of rotatable bonds is 0. The van der Waals surface area contributed by atoms with E-state index in [2.05, 4.69) is 17.3 Å². The Bertz CT molecular complexity index is 198. The van der Waals surface area contributed by atoms with Crippen LogP contribution in [0.1, 0.15) is 26.7 Å². The van der Waals surface area contributed by atoms with Crippen LogP contribution in [0.2, 0.25) is 0 Å². The summed E-state index contributed by atoms with van der Waals surface area (Å²) in [5.41, 5.74) is -0.316. The number of ether oxygens (including phenoxy) is 1. The lowest BCUT2D eigenvalue weighted by Gasteiger charge is -2.35. The van der Waals surface area contributed by atoms with Crippen molar-refractivity contribution in [2.24, 2.45) is 0 Å². The average molecular weight is 200 g/mol. The van der Waals surface area contributed by atoms with Crippen molar-refractivity contribution in [3.05, 3.63) is 0 Å². The molecule has 82 valence electrons. The van der Waals surface area contributed by atoms with Crippen LogP contribution in [0.15, 0.2) is 0 Å². The van der Waals surface area contributed by atoms with Crippen molar-refractivity contribution in [2.75, 3.05) is 26.7 Å². The normalized spacial score (nSPS) is 25.5. The van der Waals surface area contributed by atoms with Gasteiger partial charge < -0.3 is 9.64 Å². The molecule has 2 heterocycles. The first kappa shape index (κ1) is 11.5. The molecule has 4 nitrogen and oxygen atoms in total. The molecule has 0 amide bonds. The number of esters is 1. The van der Waals surface area contributed by atoms with Crippen LogP contribution in [0.25, 0.3) is 0 Å². The van der Waals surface area contributed by atoms with Crippen LogP contribution in [0.4, 0.5) is 0 Å². The largest absolute Gasteiger partial charge is 0.443 e. The highest BCUT2D eigenvalue weighted by atomic mass is 16.6. The van der Waals surface area contributed by atoms with Crippen LogP contribution in [0, 0.1) is 0 Å². The van der Waals surface area contributed by atoms with E-state index >= 15 is 0 Å². The van der Waals surface area contributed by atoms with Crippen LogP contribution >= 0.6 is 0 Å². The number of likely N-dealkylation sites (tertiary alicyclic amines) is 1. The average Bonchev–Trinajstić information content (AvgIpc) is 2.57. The number of hydrogen-bond donors (Lipinski definition) is 1. The van der Waals surface area contributed by atoms with Crippen molar-refractivity contribution in [3.63, 3.8) is 0 Å². The predicted octanol–water partition coefficient (Wildman–Crippen LogP) is 0.581. The minimum atomic E-state index is -0.316. The first-order chi connectivity index (χ1) is 6.70. The van der Waals surface area contributed by atoms with Crippen LogP contribution < -0.4 is 5.32 Å². The van der Waals surface area contributed by atoms with Crippen molar-refractivity contribution in [2.45, 2.75) is 32.4 Å². The third-order valence-electron chi connectivity index (χ3n) is 2.66. The molecule has 0 radical (unpaired) electrons. The molecule has 2 saturated heterocycles. The number of nitrogens with zero attached hydrogens (tertiary/aromatic N) is 1. The molecule has 0 aromatic carbocycles. The summed E-state index contributed by atoms with van der Waals surface area (Å²) < 4.78 is 5.26. The molecule has 2 fully saturated rings. The van der Waals surface area contributed by atoms with E-state index in [1.807, 2.05) is 13.8 Å². The number of carbonyl (C=O) groups is 1. The summed E-state index contributed by atoms with van der Waals surface area (Å²) in [5.74, 6) is -0.112. The summed E-state index contributed by atoms with van der Waals surface area (Å²) in [6.45, 7) is 6.38. The van der Waals surface area contributed by atoms with E-state index in [4.69, 9.17) is 4.74 Å². The molecule has 0 aromatic heterocycles. The van der Waals surface area contributed by atoms with Crippen molar-refractivity contribution < 1.29 is 9.53 Å². The van der Waals surface area contributed by atoms with Gasteiger partial charge in [-0.2, -0.15) is 0 Å². The van der Waals surface area contributed by atoms with Gasteiger partial charge in [0.2, 0.25) is 0 Å². The van der Waals surface area contributed by atoms with E-state index in [-0.39, 0.29) is 11.7 Å². The zero-order valence-corrected chi connectivity index (χ0v) is 9.30. The number of piperidine rings is 1. The third-order valence-corrected chi connectivity index (χ3v) is 2.66. The second-order valence-electron chi connectivity index (χ2n) is 3.63. The lowest BCUT2D eigenvalue weighted by molar-refractivity contribution is -0.152. The maximum atomic E-state index is 10.9. The van der Waals surface area contributed by atoms with Crippen LogP contribution in [0.5, 0.6) is 0 Å². The monoisotopic (exact) mass is 200 g/mol. The Morgan fingerprint density at radius 2 is 1.93 bits per heavy atom. The molecular formula is C10H20N2O2. The molecule has 2 rings (SSSR count). The van der Waals surface area contributed by atoms with Gasteiger partial charge >= 0.3 is 5.97 Å². The molecule has 14 heavy (non-hydrogen) atoms. The van der Waals surface area contributed by atoms with E-state index in [9.17, 15) is 4.79 Å². The number of hydrogen-bond acceptors (Lipinski definition) is 4. The quantitative estimate of drug-likeness (QED) is 0.581. The Kier molecular flexibility index (Phi) is 3.89. The Hall–Kier alpha value is -0.610. The zero-order valence-electron chi connectivity index (χ0n) is 9.30. The smallest absolute Gasteiger partial charge is 0.321 e. The lowest BCUT2D eigenvalue weighted by atomic mass is 10.0. The summed E-state index contributed by atoms with van der Waals surface area (Å²) in [6.07, 6.45) is 1.82. The maximum absolute atomic E-state index is 10.9. The van der Waals surface area contributed by atoms with Gasteiger partial charge in [0.1, 0.15) is 0 Å². The van der Waals surface area contributed by atoms with Gasteiger partial charge in [-0.15, -0.1) is 0 Å². The van der Waals surface area contributed by atoms with Gasteiger partial charge in [-0.05, 0) is 7.05 Å². The van der Waals surface area contributed by atoms with Crippen molar-refractivity contribution in [1.82, 2.24) is 10.2 Å². The molecule has 0 aliphatic carbocycles. The van der Waals surface area contributed by atoms with Gasteiger partial charge in [-0.1, -0.05) is 13.8 Å².